The van der Waals surface area contributed by atoms with E-state index in [1.807, 2.05) is 0 Å². The van der Waals surface area contributed by atoms with Crippen LogP contribution in [0.5, 0.6) is 0 Å². The van der Waals surface area contributed by atoms with Gasteiger partial charge >= 0.3 is 0 Å². The summed E-state index contributed by atoms with van der Waals surface area (Å²) in [5.74, 6) is 0. The van der Waals surface area contributed by atoms with E-state index in [9.17, 15) is 0 Å². The quantitative estimate of drug-likeness (QED) is 0.156. The molecule has 0 aromatic heterocycles. The number of ether oxygens (including phenoxy) is 6. The Morgan fingerprint density at radius 1 is 0.185 bits per heavy atom. The van der Waals surface area contributed by atoms with E-state index in [1.165, 1.54) is 33.4 Å². The van der Waals surface area contributed by atoms with Crippen LogP contribution in [0.4, 0.5) is 0 Å². The van der Waals surface area contributed by atoms with Crippen LogP contribution in [-0.2, 0) is 87.3 Å². The zero-order chi connectivity index (χ0) is 36.6. The Morgan fingerprint density at radius 2 is 0.315 bits per heavy atom. The summed E-state index contributed by atoms with van der Waals surface area (Å²) in [7, 11) is 0. The third kappa shape index (κ3) is 12.1. The Labute approximate surface area is 319 Å². The van der Waals surface area contributed by atoms with Gasteiger partial charge in [0.1, 0.15) is 20.4 Å². The molecular weight excluding hydrogens is 673 g/mol. The van der Waals surface area contributed by atoms with Gasteiger partial charge in [-0.3, -0.25) is 0 Å². The minimum atomic E-state index is 0.245. The molecule has 0 spiro atoms. The average Bonchev–Trinajstić information content (AvgIpc) is 3.21. The third-order valence-electron chi connectivity index (χ3n) is 9.47. The molecule has 0 unspecified atom stereocenters. The normalized spacial score (nSPS) is 15.6. The molecule has 54 heavy (non-hydrogen) atoms. The summed E-state index contributed by atoms with van der Waals surface area (Å²) < 4.78 is 34.8. The van der Waals surface area contributed by atoms with Crippen LogP contribution in [0.25, 0.3) is 0 Å². The predicted molar refractivity (Wildman–Crippen MR) is 210 cm³/mol. The monoisotopic (exact) mass is 720 g/mol. The summed E-state index contributed by atoms with van der Waals surface area (Å²) in [5.41, 5.74) is 14.3. The van der Waals surface area contributed by atoms with Gasteiger partial charge in [0.2, 0.25) is 0 Å². The van der Waals surface area contributed by atoms with Crippen molar-refractivity contribution in [2.24, 2.45) is 0 Å². The van der Waals surface area contributed by atoms with E-state index in [1.54, 1.807) is 0 Å². The topological polar surface area (TPSA) is 55.4 Å². The average molecular weight is 721 g/mol. The molecule has 12 bridgehead atoms. The Hall–Kier alpha value is -4.92. The molecule has 0 aliphatic carbocycles. The van der Waals surface area contributed by atoms with E-state index in [0.717, 1.165) is 52.6 Å². The van der Waals surface area contributed by atoms with E-state index in [2.05, 4.69) is 146 Å². The van der Waals surface area contributed by atoms with Crippen molar-refractivity contribution < 1.29 is 28.4 Å². The smallest absolute Gasteiger partial charge is 0.147 e. The SMILES string of the molecule is c1cc2ccc1COCOCc1ccc(cc1)Cc1ccc(cc1)COCOCc1ccc(cc1)Cc1ccc(cc1)COCOCc1ccc(cc1)C2. The first kappa shape index (κ1) is 37.4. The molecule has 276 valence electrons. The minimum absolute atomic E-state index is 0.245. The van der Waals surface area contributed by atoms with Gasteiger partial charge in [0, 0.05) is 0 Å². The summed E-state index contributed by atoms with van der Waals surface area (Å²) in [4.78, 5) is 0. The molecule has 0 N–H and O–H groups in total. The predicted octanol–water partition coefficient (Wildman–Crippen LogP) is 9.85. The standard InChI is InChI=1S/C48H48O6/c1-13-43-14-2-37(1)25-38-3-15-44(16-4-38)29-51-35-52-31-46-19-7-41(8-20-46)27-42-11-23-48(24-12-42)33-54-36-53-32-47-21-9-40(10-22-47)26-39-5-17-45(18-6-39)30-50-34-49-28-43/h1-24H,25-36H2. The van der Waals surface area contributed by atoms with Crippen LogP contribution >= 0.6 is 0 Å². The molecule has 20 rings (SSSR count). The second kappa shape index (κ2) is 20.0. The summed E-state index contributed by atoms with van der Waals surface area (Å²) >= 11 is 0. The van der Waals surface area contributed by atoms with Crippen LogP contribution in [0.1, 0.15) is 66.8 Å². The van der Waals surface area contributed by atoms with Gasteiger partial charge in [0.15, 0.2) is 0 Å². The van der Waals surface area contributed by atoms with Crippen LogP contribution < -0.4 is 0 Å². The molecule has 0 saturated heterocycles. The maximum absolute atomic E-state index is 5.80. The van der Waals surface area contributed by atoms with Gasteiger partial charge in [0.05, 0.1) is 39.6 Å². The molecule has 0 atom stereocenters. The number of hydrogen-bond acceptors (Lipinski definition) is 6. The first-order chi connectivity index (χ1) is 26.7. The first-order valence-corrected chi connectivity index (χ1v) is 18.6. The molecule has 0 fully saturated rings. The highest BCUT2D eigenvalue weighted by atomic mass is 16.7. The zero-order valence-corrected chi connectivity index (χ0v) is 30.8. The molecule has 6 aromatic rings. The van der Waals surface area contributed by atoms with Gasteiger partial charge in [-0.25, -0.2) is 0 Å². The highest BCUT2D eigenvalue weighted by Gasteiger charge is 2.04. The van der Waals surface area contributed by atoms with Crippen molar-refractivity contribution in [1.82, 2.24) is 0 Å². The molecule has 0 saturated carbocycles. The van der Waals surface area contributed by atoms with Crippen LogP contribution in [0.15, 0.2) is 146 Å². The minimum Gasteiger partial charge on any atom is -0.351 e. The molecule has 0 radical (unpaired) electrons. The van der Waals surface area contributed by atoms with Gasteiger partial charge in [-0.05, 0) is 86.0 Å². The molecule has 6 nitrogen and oxygen atoms in total. The summed E-state index contributed by atoms with van der Waals surface area (Å²) in [6.45, 7) is 3.80. The van der Waals surface area contributed by atoms with E-state index >= 15 is 0 Å². The lowest BCUT2D eigenvalue weighted by Gasteiger charge is -2.10. The summed E-state index contributed by atoms with van der Waals surface area (Å²) in [6.07, 6.45) is 2.61. The van der Waals surface area contributed by atoms with Crippen molar-refractivity contribution in [3.63, 3.8) is 0 Å². The van der Waals surface area contributed by atoms with Crippen LogP contribution in [0.2, 0.25) is 0 Å². The van der Waals surface area contributed by atoms with Crippen molar-refractivity contribution in [2.75, 3.05) is 20.4 Å². The lowest BCUT2D eigenvalue weighted by Crippen LogP contribution is -2.02. The van der Waals surface area contributed by atoms with E-state index in [0.29, 0.717) is 39.6 Å². The molecular formula is C48H48O6. The van der Waals surface area contributed by atoms with Crippen molar-refractivity contribution in [3.8, 4) is 0 Å². The van der Waals surface area contributed by atoms with Crippen LogP contribution in [0, 0.1) is 0 Å². The zero-order valence-electron chi connectivity index (χ0n) is 30.8. The largest absolute Gasteiger partial charge is 0.351 e. The second-order valence-electron chi connectivity index (χ2n) is 13.9. The Bertz CT molecular complexity index is 1590. The molecule has 14 heterocycles. The number of rotatable bonds is 0. The fraction of sp³-hybridized carbons (Fsp3) is 0.250. The lowest BCUT2D eigenvalue weighted by molar-refractivity contribution is -0.0690. The van der Waals surface area contributed by atoms with E-state index in [4.69, 9.17) is 28.4 Å². The van der Waals surface area contributed by atoms with Gasteiger partial charge in [-0.1, -0.05) is 146 Å². The van der Waals surface area contributed by atoms with Crippen LogP contribution in [-0.4, -0.2) is 20.4 Å². The summed E-state index contributed by atoms with van der Waals surface area (Å²) in [5, 5.41) is 0. The highest BCUT2D eigenvalue weighted by Crippen LogP contribution is 2.17. The molecule has 14 aliphatic heterocycles. The lowest BCUT2D eigenvalue weighted by atomic mass is 10.0. The fourth-order valence-electron chi connectivity index (χ4n) is 6.36. The van der Waals surface area contributed by atoms with Gasteiger partial charge in [-0.15, -0.1) is 0 Å². The third-order valence-corrected chi connectivity index (χ3v) is 9.47. The molecule has 6 aromatic carbocycles. The van der Waals surface area contributed by atoms with Crippen molar-refractivity contribution in [2.45, 2.75) is 58.9 Å². The number of hydrogen-bond donors (Lipinski definition) is 0. The van der Waals surface area contributed by atoms with Gasteiger partial charge in [-0.2, -0.15) is 0 Å². The van der Waals surface area contributed by atoms with Crippen molar-refractivity contribution in [1.29, 1.82) is 0 Å². The van der Waals surface area contributed by atoms with Crippen molar-refractivity contribution >= 4 is 0 Å². The Balaban J connectivity index is 0.927. The molecule has 6 heteroatoms. The maximum atomic E-state index is 5.80. The fourth-order valence-corrected chi connectivity index (χ4v) is 6.36. The van der Waals surface area contributed by atoms with E-state index < -0.39 is 0 Å². The van der Waals surface area contributed by atoms with Crippen LogP contribution in [0.3, 0.4) is 0 Å². The molecule has 14 aliphatic rings. The number of benzene rings is 6. The highest BCUT2D eigenvalue weighted by molar-refractivity contribution is 5.33. The maximum Gasteiger partial charge on any atom is 0.147 e. The van der Waals surface area contributed by atoms with Crippen molar-refractivity contribution in [3.05, 3.63) is 212 Å². The van der Waals surface area contributed by atoms with Gasteiger partial charge in [0.25, 0.3) is 0 Å². The van der Waals surface area contributed by atoms with E-state index in [-0.39, 0.29) is 20.4 Å². The first-order valence-electron chi connectivity index (χ1n) is 18.6. The Kier molecular flexibility index (Phi) is 13.8. The summed E-state index contributed by atoms with van der Waals surface area (Å²) in [6, 6.07) is 51.5. The molecule has 0 amide bonds. The second-order valence-corrected chi connectivity index (χ2v) is 13.9. The van der Waals surface area contributed by atoms with Gasteiger partial charge < -0.3 is 28.4 Å². The Morgan fingerprint density at radius 3 is 0.463 bits per heavy atom.